The van der Waals surface area contributed by atoms with Crippen molar-refractivity contribution >= 4 is 11.6 Å². The Morgan fingerprint density at radius 3 is 2.45 bits per heavy atom. The van der Waals surface area contributed by atoms with Gasteiger partial charge in [-0.3, -0.25) is 9.69 Å². The number of nitrogens with one attached hydrogen (secondary N) is 1. The first-order valence-electron chi connectivity index (χ1n) is 6.76. The van der Waals surface area contributed by atoms with E-state index < -0.39 is 23.2 Å². The maximum absolute atomic E-state index is 13.3. The lowest BCUT2D eigenvalue weighted by Gasteiger charge is -2.23. The molecule has 1 heterocycles. The van der Waals surface area contributed by atoms with Crippen molar-refractivity contribution in [3.63, 3.8) is 0 Å². The third-order valence-electron chi connectivity index (χ3n) is 3.66. The minimum atomic E-state index is -0.914. The molecule has 1 aromatic carbocycles. The second-order valence-electron chi connectivity index (χ2n) is 5.16. The van der Waals surface area contributed by atoms with Crippen molar-refractivity contribution < 1.29 is 13.6 Å². The zero-order chi connectivity index (χ0) is 14.7. The molecule has 0 saturated carbocycles. The van der Waals surface area contributed by atoms with Crippen molar-refractivity contribution in [2.75, 3.05) is 25.4 Å². The molecule has 110 valence electrons. The summed E-state index contributed by atoms with van der Waals surface area (Å²) in [6, 6.07) is 2.12. The molecule has 0 aliphatic carbocycles. The minimum Gasteiger partial charge on any atom is -0.394 e. The minimum absolute atomic E-state index is 0.0529. The standard InChI is InChI=1S/C14H19F2N3O/c1-9(19-4-2-3-5-19)8-18-14(20)10-6-11(15)13(17)12(16)7-10/h6-7,9H,2-5,8,17H2,1H3,(H,18,20). The first kappa shape index (κ1) is 14.7. The lowest BCUT2D eigenvalue weighted by atomic mass is 10.1. The number of nitrogens with two attached hydrogens (primary N) is 1. The zero-order valence-corrected chi connectivity index (χ0v) is 11.5. The van der Waals surface area contributed by atoms with E-state index in [1.807, 2.05) is 6.92 Å². The van der Waals surface area contributed by atoms with Crippen LogP contribution < -0.4 is 11.1 Å². The Kier molecular flexibility index (Phi) is 4.54. The van der Waals surface area contributed by atoms with Gasteiger partial charge in [0.2, 0.25) is 0 Å². The highest BCUT2D eigenvalue weighted by atomic mass is 19.1. The molecule has 0 bridgehead atoms. The highest BCUT2D eigenvalue weighted by molar-refractivity contribution is 5.94. The summed E-state index contributed by atoms with van der Waals surface area (Å²) in [4.78, 5) is 14.2. The summed E-state index contributed by atoms with van der Waals surface area (Å²) < 4.78 is 26.6. The molecular formula is C14H19F2N3O. The number of hydrogen-bond acceptors (Lipinski definition) is 3. The number of likely N-dealkylation sites (tertiary alicyclic amines) is 1. The monoisotopic (exact) mass is 283 g/mol. The van der Waals surface area contributed by atoms with Crippen molar-refractivity contribution in [2.24, 2.45) is 0 Å². The summed E-state index contributed by atoms with van der Waals surface area (Å²) in [7, 11) is 0. The average molecular weight is 283 g/mol. The molecule has 1 aliphatic heterocycles. The molecule has 0 spiro atoms. The Morgan fingerprint density at radius 2 is 1.90 bits per heavy atom. The van der Waals surface area contributed by atoms with Gasteiger partial charge < -0.3 is 11.1 Å². The Hall–Kier alpha value is -1.69. The van der Waals surface area contributed by atoms with Crippen LogP contribution in [0, 0.1) is 11.6 Å². The number of carbonyl (C=O) groups is 1. The van der Waals surface area contributed by atoms with Crippen molar-refractivity contribution in [3.8, 4) is 0 Å². The van der Waals surface area contributed by atoms with Gasteiger partial charge in [0.25, 0.3) is 5.91 Å². The molecule has 20 heavy (non-hydrogen) atoms. The van der Waals surface area contributed by atoms with Crippen LogP contribution in [0.25, 0.3) is 0 Å². The summed E-state index contributed by atoms with van der Waals surface area (Å²) in [5.74, 6) is -2.32. The molecule has 1 fully saturated rings. The third-order valence-corrected chi connectivity index (χ3v) is 3.66. The fraction of sp³-hybridized carbons (Fsp3) is 0.500. The van der Waals surface area contributed by atoms with Crippen molar-refractivity contribution in [3.05, 3.63) is 29.3 Å². The second-order valence-corrected chi connectivity index (χ2v) is 5.16. The van der Waals surface area contributed by atoms with Crippen LogP contribution in [0.4, 0.5) is 14.5 Å². The molecule has 1 aromatic rings. The topological polar surface area (TPSA) is 58.4 Å². The van der Waals surface area contributed by atoms with Crippen molar-refractivity contribution in [2.45, 2.75) is 25.8 Å². The quantitative estimate of drug-likeness (QED) is 0.828. The van der Waals surface area contributed by atoms with Crippen LogP contribution in [0.15, 0.2) is 12.1 Å². The van der Waals surface area contributed by atoms with Crippen LogP contribution in [0.1, 0.15) is 30.1 Å². The Morgan fingerprint density at radius 1 is 1.35 bits per heavy atom. The van der Waals surface area contributed by atoms with E-state index in [1.165, 1.54) is 12.8 Å². The molecule has 1 saturated heterocycles. The number of rotatable bonds is 4. The number of hydrogen-bond donors (Lipinski definition) is 2. The van der Waals surface area contributed by atoms with Crippen molar-refractivity contribution in [1.29, 1.82) is 0 Å². The van der Waals surface area contributed by atoms with E-state index in [1.54, 1.807) is 0 Å². The van der Waals surface area contributed by atoms with Gasteiger partial charge in [0.1, 0.15) is 17.3 Å². The summed E-state index contributed by atoms with van der Waals surface area (Å²) in [6.07, 6.45) is 2.35. The molecule has 1 atom stereocenters. The number of anilines is 1. The van der Waals surface area contributed by atoms with Crippen LogP contribution >= 0.6 is 0 Å². The van der Waals surface area contributed by atoms with Gasteiger partial charge in [-0.1, -0.05) is 0 Å². The summed E-state index contributed by atoms with van der Waals surface area (Å²) >= 11 is 0. The number of benzene rings is 1. The van der Waals surface area contributed by atoms with E-state index in [9.17, 15) is 13.6 Å². The zero-order valence-electron chi connectivity index (χ0n) is 11.5. The van der Waals surface area contributed by atoms with Crippen molar-refractivity contribution in [1.82, 2.24) is 10.2 Å². The van der Waals surface area contributed by atoms with E-state index in [2.05, 4.69) is 10.2 Å². The molecule has 2 rings (SSSR count). The van der Waals surface area contributed by atoms with Gasteiger partial charge in [0.15, 0.2) is 0 Å². The van der Waals surface area contributed by atoms with E-state index in [-0.39, 0.29) is 11.6 Å². The second kappa shape index (κ2) is 6.17. The number of halogens is 2. The predicted octanol–water partition coefficient (Wildman–Crippen LogP) is 1.76. The molecule has 4 nitrogen and oxygen atoms in total. The lowest BCUT2D eigenvalue weighted by molar-refractivity contribution is 0.0939. The fourth-order valence-corrected chi connectivity index (χ4v) is 2.37. The molecular weight excluding hydrogens is 264 g/mol. The van der Waals surface area contributed by atoms with Crippen LogP contribution in [-0.4, -0.2) is 36.5 Å². The number of nitrogens with zero attached hydrogens (tertiary/aromatic N) is 1. The molecule has 1 unspecified atom stereocenters. The SMILES string of the molecule is CC(CNC(=O)c1cc(F)c(N)c(F)c1)N1CCCC1. The maximum atomic E-state index is 13.3. The van der Waals surface area contributed by atoms with Gasteiger partial charge in [-0.25, -0.2) is 8.78 Å². The predicted molar refractivity (Wildman–Crippen MR) is 73.4 cm³/mol. The Bertz CT molecular complexity index is 478. The van der Waals surface area contributed by atoms with Gasteiger partial charge in [-0.2, -0.15) is 0 Å². The van der Waals surface area contributed by atoms with Gasteiger partial charge in [-0.15, -0.1) is 0 Å². The van der Waals surface area contributed by atoms with Crippen LogP contribution in [-0.2, 0) is 0 Å². The number of nitrogen functional groups attached to an aromatic ring is 1. The summed E-state index contributed by atoms with van der Waals surface area (Å²) in [5.41, 5.74) is 4.55. The first-order chi connectivity index (χ1) is 9.49. The molecule has 1 aliphatic rings. The normalized spacial score (nSPS) is 17.1. The fourth-order valence-electron chi connectivity index (χ4n) is 2.37. The summed E-state index contributed by atoms with van der Waals surface area (Å²) in [5, 5.41) is 2.69. The largest absolute Gasteiger partial charge is 0.394 e. The van der Waals surface area contributed by atoms with Crippen LogP contribution in [0.2, 0.25) is 0 Å². The van der Waals surface area contributed by atoms with Gasteiger partial charge >= 0.3 is 0 Å². The van der Waals surface area contributed by atoms with E-state index in [4.69, 9.17) is 5.73 Å². The van der Waals surface area contributed by atoms with E-state index in [0.29, 0.717) is 6.54 Å². The van der Waals surface area contributed by atoms with E-state index in [0.717, 1.165) is 25.2 Å². The highest BCUT2D eigenvalue weighted by Crippen LogP contribution is 2.17. The molecule has 3 N–H and O–H groups in total. The molecule has 6 heteroatoms. The molecule has 0 radical (unpaired) electrons. The smallest absolute Gasteiger partial charge is 0.251 e. The number of amides is 1. The highest BCUT2D eigenvalue weighted by Gasteiger charge is 2.19. The van der Waals surface area contributed by atoms with Gasteiger partial charge in [0, 0.05) is 18.2 Å². The van der Waals surface area contributed by atoms with Gasteiger partial charge in [0.05, 0.1) is 0 Å². The first-order valence-corrected chi connectivity index (χ1v) is 6.76. The molecule has 0 aromatic heterocycles. The lowest BCUT2D eigenvalue weighted by Crippen LogP contribution is -2.40. The van der Waals surface area contributed by atoms with Crippen LogP contribution in [0.3, 0.4) is 0 Å². The number of carbonyl (C=O) groups excluding carboxylic acids is 1. The maximum Gasteiger partial charge on any atom is 0.251 e. The molecule has 1 amide bonds. The Labute approximate surface area is 116 Å². The Balaban J connectivity index is 1.94. The van der Waals surface area contributed by atoms with E-state index >= 15 is 0 Å². The summed E-state index contributed by atoms with van der Waals surface area (Å²) in [6.45, 7) is 4.53. The average Bonchev–Trinajstić information content (AvgIpc) is 2.95. The van der Waals surface area contributed by atoms with Gasteiger partial charge in [-0.05, 0) is 45.0 Å². The third kappa shape index (κ3) is 3.25. The van der Waals surface area contributed by atoms with Crippen LogP contribution in [0.5, 0.6) is 0 Å².